The van der Waals surface area contributed by atoms with Crippen LogP contribution in [0.3, 0.4) is 0 Å². The molecule has 1 aliphatic rings. The number of nitrogens with zero attached hydrogens (tertiary/aromatic N) is 1. The highest BCUT2D eigenvalue weighted by Crippen LogP contribution is 2.29. The first kappa shape index (κ1) is 12.6. The van der Waals surface area contributed by atoms with Crippen molar-refractivity contribution in [3.63, 3.8) is 0 Å². The Balaban J connectivity index is 2.11. The zero-order chi connectivity index (χ0) is 12.3. The third kappa shape index (κ3) is 3.31. The summed E-state index contributed by atoms with van der Waals surface area (Å²) >= 11 is 3.46. The van der Waals surface area contributed by atoms with Crippen LogP contribution in [-0.2, 0) is 0 Å². The number of benzene rings is 1. The van der Waals surface area contributed by atoms with Crippen LogP contribution < -0.4 is 4.74 Å². The van der Waals surface area contributed by atoms with E-state index in [1.54, 1.807) is 0 Å². The summed E-state index contributed by atoms with van der Waals surface area (Å²) in [5.41, 5.74) is 2.34. The van der Waals surface area contributed by atoms with Crippen molar-refractivity contribution in [1.29, 1.82) is 0 Å². The van der Waals surface area contributed by atoms with Crippen molar-refractivity contribution in [2.75, 3.05) is 33.4 Å². The molecule has 3 nitrogen and oxygen atoms in total. The number of halogens is 1. The van der Waals surface area contributed by atoms with Crippen LogP contribution in [0.5, 0.6) is 5.75 Å². The lowest BCUT2D eigenvalue weighted by Crippen LogP contribution is -2.27. The standard InChI is InChI=1S/C13H16BrNO2/c1-15(4-5-16)8-10-6-11-7-12(14)2-3-13(11)17-9-10/h2-3,6-7,16H,4-5,8-9H2,1H3. The molecule has 2 rings (SSSR count). The van der Waals surface area contributed by atoms with Crippen molar-refractivity contribution in [3.05, 3.63) is 33.8 Å². The molecule has 17 heavy (non-hydrogen) atoms. The highest BCUT2D eigenvalue weighted by Gasteiger charge is 2.12. The molecule has 0 amide bonds. The number of likely N-dealkylation sites (N-methyl/N-ethyl adjacent to an activating group) is 1. The third-order valence-electron chi connectivity index (χ3n) is 2.70. The van der Waals surface area contributed by atoms with Crippen molar-refractivity contribution >= 4 is 22.0 Å². The topological polar surface area (TPSA) is 32.7 Å². The second-order valence-electron chi connectivity index (χ2n) is 4.23. The first-order valence-corrected chi connectivity index (χ1v) is 6.39. The first-order valence-electron chi connectivity index (χ1n) is 5.60. The highest BCUT2D eigenvalue weighted by molar-refractivity contribution is 9.10. The lowest BCUT2D eigenvalue weighted by Gasteiger charge is -2.22. The van der Waals surface area contributed by atoms with Gasteiger partial charge in [0.2, 0.25) is 0 Å². The van der Waals surface area contributed by atoms with Gasteiger partial charge < -0.3 is 14.7 Å². The molecule has 92 valence electrons. The number of hydrogen-bond donors (Lipinski definition) is 1. The van der Waals surface area contributed by atoms with Crippen LogP contribution in [0.15, 0.2) is 28.2 Å². The van der Waals surface area contributed by atoms with Crippen molar-refractivity contribution < 1.29 is 9.84 Å². The molecule has 0 saturated carbocycles. The largest absolute Gasteiger partial charge is 0.489 e. The van der Waals surface area contributed by atoms with Gasteiger partial charge in [-0.1, -0.05) is 15.9 Å². The normalized spacial score (nSPS) is 14.2. The second-order valence-corrected chi connectivity index (χ2v) is 5.15. The summed E-state index contributed by atoms with van der Waals surface area (Å²) in [6.07, 6.45) is 2.16. The van der Waals surface area contributed by atoms with Crippen LogP contribution in [-0.4, -0.2) is 43.4 Å². The molecule has 0 atom stereocenters. The molecule has 0 aliphatic carbocycles. The van der Waals surface area contributed by atoms with Crippen molar-refractivity contribution in [2.45, 2.75) is 0 Å². The summed E-state index contributed by atoms with van der Waals surface area (Å²) in [5.74, 6) is 0.932. The number of ether oxygens (including phenoxy) is 1. The summed E-state index contributed by atoms with van der Waals surface area (Å²) in [7, 11) is 1.99. The molecule has 0 radical (unpaired) electrons. The Hall–Kier alpha value is -0.840. The predicted molar refractivity (Wildman–Crippen MR) is 72.2 cm³/mol. The van der Waals surface area contributed by atoms with Crippen LogP contribution in [0.2, 0.25) is 0 Å². The second kappa shape index (κ2) is 5.67. The third-order valence-corrected chi connectivity index (χ3v) is 3.19. The molecule has 1 aromatic rings. The van der Waals surface area contributed by atoms with E-state index in [2.05, 4.69) is 33.0 Å². The van der Waals surface area contributed by atoms with Crippen LogP contribution in [0.1, 0.15) is 5.56 Å². The monoisotopic (exact) mass is 297 g/mol. The maximum Gasteiger partial charge on any atom is 0.127 e. The summed E-state index contributed by atoms with van der Waals surface area (Å²) in [6.45, 7) is 2.33. The zero-order valence-electron chi connectivity index (χ0n) is 9.82. The molecular weight excluding hydrogens is 282 g/mol. The van der Waals surface area contributed by atoms with Gasteiger partial charge in [-0.05, 0) is 36.9 Å². The van der Waals surface area contributed by atoms with Gasteiger partial charge in [-0.15, -0.1) is 0 Å². The minimum absolute atomic E-state index is 0.187. The number of aliphatic hydroxyl groups excluding tert-OH is 1. The summed E-state index contributed by atoms with van der Waals surface area (Å²) in [5, 5.41) is 8.86. The lowest BCUT2D eigenvalue weighted by molar-refractivity contribution is 0.225. The van der Waals surface area contributed by atoms with E-state index in [9.17, 15) is 0 Å². The molecule has 1 heterocycles. The molecule has 1 N–H and O–H groups in total. The molecule has 0 spiro atoms. The van der Waals surface area contributed by atoms with Crippen LogP contribution in [0, 0.1) is 0 Å². The van der Waals surface area contributed by atoms with Gasteiger partial charge in [0.25, 0.3) is 0 Å². The average molecular weight is 298 g/mol. The zero-order valence-corrected chi connectivity index (χ0v) is 11.4. The Kier molecular flexibility index (Phi) is 4.20. The van der Waals surface area contributed by atoms with Crippen molar-refractivity contribution in [3.8, 4) is 5.75 Å². The van der Waals surface area contributed by atoms with E-state index in [4.69, 9.17) is 9.84 Å². The Morgan fingerprint density at radius 1 is 1.47 bits per heavy atom. The number of hydrogen-bond acceptors (Lipinski definition) is 3. The highest BCUT2D eigenvalue weighted by atomic mass is 79.9. The maximum atomic E-state index is 8.86. The number of aliphatic hydroxyl groups is 1. The minimum atomic E-state index is 0.187. The Morgan fingerprint density at radius 2 is 2.29 bits per heavy atom. The van der Waals surface area contributed by atoms with E-state index in [-0.39, 0.29) is 6.61 Å². The lowest BCUT2D eigenvalue weighted by atomic mass is 10.1. The van der Waals surface area contributed by atoms with Gasteiger partial charge in [0, 0.05) is 23.1 Å². The van der Waals surface area contributed by atoms with Gasteiger partial charge in [-0.2, -0.15) is 0 Å². The number of rotatable bonds is 4. The molecule has 1 aromatic carbocycles. The maximum absolute atomic E-state index is 8.86. The summed E-state index contributed by atoms with van der Waals surface area (Å²) < 4.78 is 6.75. The molecule has 1 aliphatic heterocycles. The van der Waals surface area contributed by atoms with Crippen LogP contribution in [0.25, 0.3) is 6.08 Å². The molecule has 4 heteroatoms. The summed E-state index contributed by atoms with van der Waals surface area (Å²) in [4.78, 5) is 2.08. The van der Waals surface area contributed by atoms with Crippen LogP contribution in [0.4, 0.5) is 0 Å². The molecule has 0 saturated heterocycles. The Morgan fingerprint density at radius 3 is 3.06 bits per heavy atom. The van der Waals surface area contributed by atoms with Crippen molar-refractivity contribution in [2.24, 2.45) is 0 Å². The number of fused-ring (bicyclic) bond motifs is 1. The fourth-order valence-electron chi connectivity index (χ4n) is 1.88. The predicted octanol–water partition coefficient (Wildman–Crippen LogP) is 2.15. The van der Waals surface area contributed by atoms with Crippen molar-refractivity contribution in [1.82, 2.24) is 4.90 Å². The van der Waals surface area contributed by atoms with E-state index in [0.29, 0.717) is 13.2 Å². The van der Waals surface area contributed by atoms with Gasteiger partial charge >= 0.3 is 0 Å². The van der Waals surface area contributed by atoms with Gasteiger partial charge in [-0.25, -0.2) is 0 Å². The quantitative estimate of drug-likeness (QED) is 0.924. The van der Waals surface area contributed by atoms with E-state index in [1.807, 2.05) is 19.2 Å². The molecule has 0 bridgehead atoms. The Bertz CT molecular complexity index is 431. The van der Waals surface area contributed by atoms with E-state index < -0.39 is 0 Å². The molecule has 0 fully saturated rings. The SMILES string of the molecule is CN(CCO)CC1=Cc2cc(Br)ccc2OC1. The minimum Gasteiger partial charge on any atom is -0.489 e. The van der Waals surface area contributed by atoms with Gasteiger partial charge in [0.05, 0.1) is 6.61 Å². The molecule has 0 unspecified atom stereocenters. The van der Waals surface area contributed by atoms with Crippen LogP contribution >= 0.6 is 15.9 Å². The Labute approximate surface area is 110 Å². The molecular formula is C13H16BrNO2. The van der Waals surface area contributed by atoms with Gasteiger partial charge in [-0.3, -0.25) is 0 Å². The summed E-state index contributed by atoms with van der Waals surface area (Å²) in [6, 6.07) is 6.01. The van der Waals surface area contributed by atoms with E-state index >= 15 is 0 Å². The van der Waals surface area contributed by atoms with E-state index in [1.165, 1.54) is 5.57 Å². The fraction of sp³-hybridized carbons (Fsp3) is 0.385. The van der Waals surface area contributed by atoms with Gasteiger partial charge in [0.1, 0.15) is 12.4 Å². The van der Waals surface area contributed by atoms with E-state index in [0.717, 1.165) is 22.3 Å². The first-order chi connectivity index (χ1) is 8.19. The average Bonchev–Trinajstić information content (AvgIpc) is 2.28. The smallest absolute Gasteiger partial charge is 0.127 e. The fourth-order valence-corrected chi connectivity index (χ4v) is 2.26. The molecule has 0 aromatic heterocycles. The van der Waals surface area contributed by atoms with Gasteiger partial charge in [0.15, 0.2) is 0 Å².